The Hall–Kier alpha value is -3.31. The van der Waals surface area contributed by atoms with E-state index in [1.807, 2.05) is 0 Å². The van der Waals surface area contributed by atoms with Crippen molar-refractivity contribution in [3.63, 3.8) is 0 Å². The van der Waals surface area contributed by atoms with Crippen LogP contribution in [-0.2, 0) is 17.9 Å². The maximum atomic E-state index is 11.9. The number of nitrogens with zero attached hydrogens (tertiary/aromatic N) is 6. The number of rotatable bonds is 7. The first-order valence-corrected chi connectivity index (χ1v) is 6.91. The van der Waals surface area contributed by atoms with Gasteiger partial charge in [-0.3, -0.25) is 34.4 Å². The molecular weight excluding hydrogens is 322 g/mol. The Balaban J connectivity index is 1.88. The lowest BCUT2D eigenvalue weighted by Crippen LogP contribution is -2.31. The molecule has 0 aliphatic carbocycles. The Morgan fingerprint density at radius 1 is 1.29 bits per heavy atom. The van der Waals surface area contributed by atoms with E-state index in [2.05, 4.69) is 15.5 Å². The molecule has 12 nitrogen and oxygen atoms in total. The van der Waals surface area contributed by atoms with Gasteiger partial charge in [-0.15, -0.1) is 0 Å². The van der Waals surface area contributed by atoms with Crippen LogP contribution in [0.4, 0.5) is 11.4 Å². The molecule has 0 saturated heterocycles. The standard InChI is InChI=1S/C12H15N7O5/c1-8-12(19(23)24)9(2)17(15-8)7-11(20)13-3-4-16-6-10(5-14-16)18(21)22/h5-6H,3-4,7H2,1-2H3,(H,13,20). The van der Waals surface area contributed by atoms with Crippen molar-refractivity contribution < 1.29 is 14.6 Å². The number of carbonyl (C=O) groups is 1. The van der Waals surface area contributed by atoms with Crippen molar-refractivity contribution in [3.8, 4) is 0 Å². The Morgan fingerprint density at radius 2 is 2.00 bits per heavy atom. The first-order valence-electron chi connectivity index (χ1n) is 6.91. The second-order valence-corrected chi connectivity index (χ2v) is 5.00. The van der Waals surface area contributed by atoms with Crippen molar-refractivity contribution >= 4 is 17.3 Å². The number of hydrogen-bond acceptors (Lipinski definition) is 7. The number of nitrogens with one attached hydrogen (secondary N) is 1. The maximum Gasteiger partial charge on any atom is 0.312 e. The van der Waals surface area contributed by atoms with Crippen molar-refractivity contribution in [2.24, 2.45) is 0 Å². The van der Waals surface area contributed by atoms with Crippen molar-refractivity contribution in [2.75, 3.05) is 6.54 Å². The summed E-state index contributed by atoms with van der Waals surface area (Å²) in [5.74, 6) is -0.378. The van der Waals surface area contributed by atoms with Gasteiger partial charge in [0.15, 0.2) is 0 Å². The lowest BCUT2D eigenvalue weighted by atomic mass is 10.3. The zero-order valence-corrected chi connectivity index (χ0v) is 13.0. The van der Waals surface area contributed by atoms with Crippen LogP contribution in [0.2, 0.25) is 0 Å². The van der Waals surface area contributed by atoms with Crippen LogP contribution in [0.25, 0.3) is 0 Å². The molecule has 0 radical (unpaired) electrons. The first kappa shape index (κ1) is 17.1. The highest BCUT2D eigenvalue weighted by atomic mass is 16.6. The fourth-order valence-electron chi connectivity index (χ4n) is 2.18. The molecule has 1 amide bonds. The fourth-order valence-corrected chi connectivity index (χ4v) is 2.18. The zero-order valence-electron chi connectivity index (χ0n) is 13.0. The highest BCUT2D eigenvalue weighted by molar-refractivity contribution is 5.75. The number of amides is 1. The lowest BCUT2D eigenvalue weighted by molar-refractivity contribution is -0.386. The molecule has 0 aromatic carbocycles. The van der Waals surface area contributed by atoms with E-state index >= 15 is 0 Å². The zero-order chi connectivity index (χ0) is 17.9. The molecule has 0 atom stereocenters. The molecule has 0 aliphatic rings. The van der Waals surface area contributed by atoms with Crippen LogP contribution in [0.3, 0.4) is 0 Å². The van der Waals surface area contributed by atoms with Gasteiger partial charge in [-0.2, -0.15) is 10.2 Å². The van der Waals surface area contributed by atoms with Crippen LogP contribution in [0, 0.1) is 34.1 Å². The molecule has 128 valence electrons. The predicted molar refractivity (Wildman–Crippen MR) is 80.2 cm³/mol. The van der Waals surface area contributed by atoms with Crippen molar-refractivity contribution in [3.05, 3.63) is 44.0 Å². The molecule has 1 N–H and O–H groups in total. The summed E-state index contributed by atoms with van der Waals surface area (Å²) in [6.45, 7) is 3.34. The molecule has 12 heteroatoms. The second-order valence-electron chi connectivity index (χ2n) is 5.00. The topological polar surface area (TPSA) is 151 Å². The predicted octanol–water partition coefficient (Wildman–Crippen LogP) is 0.329. The highest BCUT2D eigenvalue weighted by Gasteiger charge is 2.22. The van der Waals surface area contributed by atoms with E-state index in [-0.39, 0.29) is 42.6 Å². The summed E-state index contributed by atoms with van der Waals surface area (Å²) in [4.78, 5) is 32.2. The summed E-state index contributed by atoms with van der Waals surface area (Å²) in [6, 6.07) is 0. The van der Waals surface area contributed by atoms with Crippen LogP contribution in [-0.4, -0.2) is 41.9 Å². The molecule has 0 saturated carbocycles. The van der Waals surface area contributed by atoms with Gasteiger partial charge in [0.2, 0.25) is 5.91 Å². The van der Waals surface area contributed by atoms with Gasteiger partial charge in [-0.05, 0) is 13.8 Å². The number of aromatic nitrogens is 4. The Kier molecular flexibility index (Phi) is 4.87. The number of nitro groups is 2. The third-order valence-corrected chi connectivity index (χ3v) is 3.31. The molecular formula is C12H15N7O5. The van der Waals surface area contributed by atoms with E-state index in [1.165, 1.54) is 29.4 Å². The summed E-state index contributed by atoms with van der Waals surface area (Å²) < 4.78 is 2.61. The Morgan fingerprint density at radius 3 is 2.54 bits per heavy atom. The average Bonchev–Trinajstić information content (AvgIpc) is 3.04. The minimum atomic E-state index is -0.558. The summed E-state index contributed by atoms with van der Waals surface area (Å²) in [6.07, 6.45) is 2.38. The van der Waals surface area contributed by atoms with Crippen LogP contribution in [0.1, 0.15) is 11.4 Å². The summed E-state index contributed by atoms with van der Waals surface area (Å²) in [5.41, 5.74) is 0.312. The third kappa shape index (κ3) is 3.71. The fraction of sp³-hybridized carbons (Fsp3) is 0.417. The quantitative estimate of drug-likeness (QED) is 0.564. The summed E-state index contributed by atoms with van der Waals surface area (Å²) in [7, 11) is 0. The van der Waals surface area contributed by atoms with E-state index in [0.717, 1.165) is 6.20 Å². The molecule has 2 rings (SSSR count). The van der Waals surface area contributed by atoms with Crippen LogP contribution < -0.4 is 5.32 Å². The molecule has 0 spiro atoms. The molecule has 2 aromatic rings. The minimum Gasteiger partial charge on any atom is -0.353 e. The second kappa shape index (κ2) is 6.85. The minimum absolute atomic E-state index is 0.105. The smallest absolute Gasteiger partial charge is 0.312 e. The van der Waals surface area contributed by atoms with E-state index in [9.17, 15) is 25.0 Å². The largest absolute Gasteiger partial charge is 0.353 e. The van der Waals surface area contributed by atoms with E-state index < -0.39 is 9.85 Å². The first-order chi connectivity index (χ1) is 11.3. The molecule has 0 bridgehead atoms. The summed E-state index contributed by atoms with van der Waals surface area (Å²) in [5, 5.41) is 31.8. The third-order valence-electron chi connectivity index (χ3n) is 3.31. The van der Waals surface area contributed by atoms with Gasteiger partial charge in [-0.1, -0.05) is 0 Å². The van der Waals surface area contributed by atoms with Gasteiger partial charge >= 0.3 is 11.4 Å². The van der Waals surface area contributed by atoms with E-state index in [4.69, 9.17) is 0 Å². The number of hydrogen-bond donors (Lipinski definition) is 1. The molecule has 0 fully saturated rings. The van der Waals surface area contributed by atoms with Gasteiger partial charge in [-0.25, -0.2) is 0 Å². The van der Waals surface area contributed by atoms with Gasteiger partial charge in [0.1, 0.15) is 30.3 Å². The molecule has 24 heavy (non-hydrogen) atoms. The van der Waals surface area contributed by atoms with Crippen molar-refractivity contribution in [1.29, 1.82) is 0 Å². The van der Waals surface area contributed by atoms with Crippen LogP contribution >= 0.6 is 0 Å². The Labute approximate surface area is 135 Å². The van der Waals surface area contributed by atoms with E-state index in [0.29, 0.717) is 5.69 Å². The van der Waals surface area contributed by atoms with Gasteiger partial charge < -0.3 is 5.32 Å². The number of aryl methyl sites for hydroxylation is 1. The highest BCUT2D eigenvalue weighted by Crippen LogP contribution is 2.21. The maximum absolute atomic E-state index is 11.9. The SMILES string of the molecule is Cc1nn(CC(=O)NCCn2cc([N+](=O)[O-])cn2)c(C)c1[N+](=O)[O-]. The van der Waals surface area contributed by atoms with Gasteiger partial charge in [0.05, 0.1) is 16.4 Å². The molecule has 0 aliphatic heterocycles. The number of carbonyl (C=O) groups excluding carboxylic acids is 1. The van der Waals surface area contributed by atoms with Crippen molar-refractivity contribution in [2.45, 2.75) is 26.9 Å². The van der Waals surface area contributed by atoms with Crippen LogP contribution in [0.15, 0.2) is 12.4 Å². The summed E-state index contributed by atoms with van der Waals surface area (Å²) >= 11 is 0. The molecule has 0 unspecified atom stereocenters. The van der Waals surface area contributed by atoms with Crippen molar-refractivity contribution in [1.82, 2.24) is 24.9 Å². The molecule has 2 heterocycles. The molecule has 2 aromatic heterocycles. The normalized spacial score (nSPS) is 10.6. The van der Waals surface area contributed by atoms with Gasteiger partial charge in [0.25, 0.3) is 0 Å². The van der Waals surface area contributed by atoms with E-state index in [1.54, 1.807) is 0 Å². The average molecular weight is 337 g/mol. The lowest BCUT2D eigenvalue weighted by Gasteiger charge is -2.06. The monoisotopic (exact) mass is 337 g/mol. The van der Waals surface area contributed by atoms with Crippen LogP contribution in [0.5, 0.6) is 0 Å². The Bertz CT molecular complexity index is 794. The van der Waals surface area contributed by atoms with Gasteiger partial charge in [0, 0.05) is 6.54 Å².